The van der Waals surface area contributed by atoms with Gasteiger partial charge in [-0.1, -0.05) is 6.07 Å². The summed E-state index contributed by atoms with van der Waals surface area (Å²) < 4.78 is 6.90. The molecular formula is C17H20N4O3. The van der Waals surface area contributed by atoms with Gasteiger partial charge in [0.2, 0.25) is 0 Å². The van der Waals surface area contributed by atoms with Gasteiger partial charge in [-0.15, -0.1) is 0 Å². The van der Waals surface area contributed by atoms with Gasteiger partial charge in [0.1, 0.15) is 5.82 Å². The van der Waals surface area contributed by atoms with Crippen LogP contribution in [0.1, 0.15) is 34.5 Å². The zero-order chi connectivity index (χ0) is 16.7. The summed E-state index contributed by atoms with van der Waals surface area (Å²) >= 11 is 0. The normalized spacial score (nSPS) is 17.8. The van der Waals surface area contributed by atoms with Crippen molar-refractivity contribution >= 4 is 11.8 Å². The molecule has 2 fully saturated rings. The molecule has 0 atom stereocenters. The van der Waals surface area contributed by atoms with Crippen molar-refractivity contribution in [3.63, 3.8) is 0 Å². The summed E-state index contributed by atoms with van der Waals surface area (Å²) in [4.78, 5) is 18.0. The van der Waals surface area contributed by atoms with Crippen LogP contribution in [0.5, 0.6) is 0 Å². The van der Waals surface area contributed by atoms with Gasteiger partial charge in [0.15, 0.2) is 0 Å². The Balaban J connectivity index is 1.53. The fraction of sp³-hybridized carbons (Fsp3) is 0.471. The highest BCUT2D eigenvalue weighted by atomic mass is 16.5. The fourth-order valence-corrected chi connectivity index (χ4v) is 3.25. The molecule has 7 nitrogen and oxygen atoms in total. The lowest BCUT2D eigenvalue weighted by Gasteiger charge is -2.41. The third kappa shape index (κ3) is 2.75. The summed E-state index contributed by atoms with van der Waals surface area (Å²) in [5.41, 5.74) is 2.63. The molecular weight excluding hydrogens is 308 g/mol. The Bertz CT molecular complexity index is 774. The number of rotatable bonds is 6. The fourth-order valence-electron chi connectivity index (χ4n) is 3.25. The van der Waals surface area contributed by atoms with Crippen molar-refractivity contribution in [3.8, 4) is 0 Å². The Hall–Kier alpha value is -2.41. The van der Waals surface area contributed by atoms with Crippen molar-refractivity contribution in [2.75, 3.05) is 25.1 Å². The minimum Gasteiger partial charge on any atom is -0.478 e. The van der Waals surface area contributed by atoms with Gasteiger partial charge in [-0.05, 0) is 24.5 Å². The van der Waals surface area contributed by atoms with Crippen LogP contribution in [0.25, 0.3) is 0 Å². The number of anilines is 1. The number of aromatic nitrogens is 3. The van der Waals surface area contributed by atoms with Gasteiger partial charge in [0, 0.05) is 31.8 Å². The van der Waals surface area contributed by atoms with Crippen LogP contribution in [0, 0.1) is 5.41 Å². The summed E-state index contributed by atoms with van der Waals surface area (Å²) in [5.74, 6) is 0.0219. The molecule has 7 heteroatoms. The van der Waals surface area contributed by atoms with Gasteiger partial charge in [-0.3, -0.25) is 4.68 Å². The van der Waals surface area contributed by atoms with Crippen LogP contribution in [0.15, 0.2) is 24.5 Å². The Morgan fingerprint density at radius 2 is 2.17 bits per heavy atom. The zero-order valence-electron chi connectivity index (χ0n) is 13.6. The summed E-state index contributed by atoms with van der Waals surface area (Å²) in [7, 11) is 1.65. The van der Waals surface area contributed by atoms with Gasteiger partial charge < -0.3 is 14.7 Å². The Kier molecular flexibility index (Phi) is 3.53. The Labute approximate surface area is 139 Å². The van der Waals surface area contributed by atoms with E-state index in [0.717, 1.165) is 30.2 Å². The predicted octanol–water partition coefficient (Wildman–Crippen LogP) is 1.77. The number of hydrogen-bond donors (Lipinski definition) is 1. The first kappa shape index (κ1) is 15.1. The number of methoxy groups -OCH3 is 1. The minimum atomic E-state index is -0.973. The van der Waals surface area contributed by atoms with Crippen LogP contribution in [-0.4, -0.2) is 46.0 Å². The molecule has 2 aromatic rings. The maximum absolute atomic E-state index is 11.0. The molecule has 0 aromatic carbocycles. The summed E-state index contributed by atoms with van der Waals surface area (Å²) in [6.45, 7) is 3.11. The maximum Gasteiger partial charge on any atom is 0.338 e. The second-order valence-electron chi connectivity index (χ2n) is 6.80. The molecule has 1 saturated heterocycles. The van der Waals surface area contributed by atoms with E-state index in [-0.39, 0.29) is 5.56 Å². The largest absolute Gasteiger partial charge is 0.478 e. The molecule has 0 unspecified atom stereocenters. The van der Waals surface area contributed by atoms with E-state index in [0.29, 0.717) is 18.6 Å². The number of pyridine rings is 1. The smallest absolute Gasteiger partial charge is 0.338 e. The van der Waals surface area contributed by atoms with E-state index in [4.69, 9.17) is 14.8 Å². The van der Waals surface area contributed by atoms with Crippen LogP contribution in [-0.2, 0) is 17.9 Å². The first-order valence-electron chi connectivity index (χ1n) is 8.07. The second kappa shape index (κ2) is 5.59. The lowest BCUT2D eigenvalue weighted by Crippen LogP contribution is -2.49. The molecule has 2 aliphatic rings. The first-order chi connectivity index (χ1) is 11.6. The molecule has 4 rings (SSSR count). The van der Waals surface area contributed by atoms with Crippen molar-refractivity contribution in [2.45, 2.75) is 26.0 Å². The standard InChI is InChI=1S/C17H20N4O3/c1-24-9-14-12(7-21-8-13(6-18-21)16(22)23)2-3-15(19-14)20-10-17(11-20)4-5-17/h2-3,6,8H,4-5,7,9-11H2,1H3,(H,22,23). The number of carboxylic acids is 1. The van der Waals surface area contributed by atoms with Crippen molar-refractivity contribution in [2.24, 2.45) is 5.41 Å². The van der Waals surface area contributed by atoms with Crippen LogP contribution in [0.4, 0.5) is 5.82 Å². The lowest BCUT2D eigenvalue weighted by molar-refractivity contribution is 0.0697. The van der Waals surface area contributed by atoms with Crippen molar-refractivity contribution in [1.29, 1.82) is 0 Å². The Morgan fingerprint density at radius 3 is 2.79 bits per heavy atom. The summed E-state index contributed by atoms with van der Waals surface area (Å²) in [5, 5.41) is 13.1. The highest BCUT2D eigenvalue weighted by Gasteiger charge is 2.52. The molecule has 3 heterocycles. The molecule has 1 saturated carbocycles. The molecule has 2 aromatic heterocycles. The third-order valence-electron chi connectivity index (χ3n) is 4.88. The molecule has 0 radical (unpaired) electrons. The van der Waals surface area contributed by atoms with E-state index in [1.807, 2.05) is 12.1 Å². The Morgan fingerprint density at radius 1 is 1.38 bits per heavy atom. The topological polar surface area (TPSA) is 80.5 Å². The third-order valence-corrected chi connectivity index (χ3v) is 4.88. The van der Waals surface area contributed by atoms with Gasteiger partial charge in [-0.25, -0.2) is 9.78 Å². The van der Waals surface area contributed by atoms with Gasteiger partial charge in [0.25, 0.3) is 0 Å². The van der Waals surface area contributed by atoms with Crippen molar-refractivity contribution in [1.82, 2.24) is 14.8 Å². The molecule has 1 aliphatic heterocycles. The monoisotopic (exact) mass is 328 g/mol. The first-order valence-corrected chi connectivity index (χ1v) is 8.07. The molecule has 1 aliphatic carbocycles. The zero-order valence-corrected chi connectivity index (χ0v) is 13.6. The molecule has 24 heavy (non-hydrogen) atoms. The van der Waals surface area contributed by atoms with Gasteiger partial charge >= 0.3 is 5.97 Å². The molecule has 126 valence electrons. The van der Waals surface area contributed by atoms with E-state index in [2.05, 4.69) is 10.00 Å². The van der Waals surface area contributed by atoms with Crippen molar-refractivity contribution in [3.05, 3.63) is 41.3 Å². The van der Waals surface area contributed by atoms with E-state index in [9.17, 15) is 4.79 Å². The average Bonchev–Trinajstić information content (AvgIpc) is 3.19. The lowest BCUT2D eigenvalue weighted by atomic mass is 9.97. The molecule has 0 amide bonds. The van der Waals surface area contributed by atoms with E-state index < -0.39 is 5.97 Å². The minimum absolute atomic E-state index is 0.184. The summed E-state index contributed by atoms with van der Waals surface area (Å²) in [6.07, 6.45) is 5.57. The molecule has 1 spiro atoms. The van der Waals surface area contributed by atoms with E-state index >= 15 is 0 Å². The number of aromatic carboxylic acids is 1. The predicted molar refractivity (Wildman–Crippen MR) is 87.1 cm³/mol. The number of ether oxygens (including phenoxy) is 1. The van der Waals surface area contributed by atoms with E-state index in [1.165, 1.54) is 25.2 Å². The van der Waals surface area contributed by atoms with Crippen molar-refractivity contribution < 1.29 is 14.6 Å². The highest BCUT2D eigenvalue weighted by Crippen LogP contribution is 2.53. The number of carbonyl (C=O) groups is 1. The molecule has 1 N–H and O–H groups in total. The van der Waals surface area contributed by atoms with Crippen LogP contribution in [0.2, 0.25) is 0 Å². The molecule has 0 bridgehead atoms. The highest BCUT2D eigenvalue weighted by molar-refractivity contribution is 5.86. The quantitative estimate of drug-likeness (QED) is 0.870. The van der Waals surface area contributed by atoms with Gasteiger partial charge in [0.05, 0.1) is 30.6 Å². The van der Waals surface area contributed by atoms with Crippen LogP contribution in [0.3, 0.4) is 0 Å². The van der Waals surface area contributed by atoms with E-state index in [1.54, 1.807) is 11.8 Å². The number of carboxylic acid groups (broad SMARTS) is 1. The van der Waals surface area contributed by atoms with Crippen LogP contribution < -0.4 is 4.90 Å². The number of hydrogen-bond acceptors (Lipinski definition) is 5. The SMILES string of the molecule is COCc1nc(N2CC3(CC3)C2)ccc1Cn1cc(C(=O)O)cn1. The maximum atomic E-state index is 11.0. The van der Waals surface area contributed by atoms with Gasteiger partial charge in [-0.2, -0.15) is 5.10 Å². The second-order valence-corrected chi connectivity index (χ2v) is 6.80. The number of nitrogens with zero attached hydrogens (tertiary/aromatic N) is 4. The average molecular weight is 328 g/mol. The summed E-state index contributed by atoms with van der Waals surface area (Å²) in [6, 6.07) is 4.07. The van der Waals surface area contributed by atoms with Crippen LogP contribution >= 0.6 is 0 Å².